The lowest BCUT2D eigenvalue weighted by atomic mass is 9.75. The lowest BCUT2D eigenvalue weighted by Gasteiger charge is -2.54. The molecule has 5 rings (SSSR count). The highest BCUT2D eigenvalue weighted by molar-refractivity contribution is 5.81. The predicted octanol–water partition coefficient (Wildman–Crippen LogP) is 1.72. The molecule has 1 aliphatic carbocycles. The van der Waals surface area contributed by atoms with Gasteiger partial charge >= 0.3 is 0 Å². The molecule has 0 spiro atoms. The Labute approximate surface area is 150 Å². The molecular weight excluding hydrogens is 314 g/mol. The molecule has 0 N–H and O–H groups in total. The van der Waals surface area contributed by atoms with E-state index in [1.165, 1.54) is 19.4 Å². The summed E-state index contributed by atoms with van der Waals surface area (Å²) in [6.07, 6.45) is 8.91. The van der Waals surface area contributed by atoms with Crippen LogP contribution in [0.5, 0.6) is 0 Å². The lowest BCUT2D eigenvalue weighted by molar-refractivity contribution is -0.146. The van der Waals surface area contributed by atoms with E-state index < -0.39 is 0 Å². The first-order chi connectivity index (χ1) is 12.2. The Bertz CT molecular complexity index is 553. The highest BCUT2D eigenvalue weighted by atomic mass is 16.2. The molecule has 4 aliphatic heterocycles. The van der Waals surface area contributed by atoms with Gasteiger partial charge in [-0.05, 0) is 56.8 Å². The normalized spacial score (nSPS) is 37.1. The molecule has 5 fully saturated rings. The summed E-state index contributed by atoms with van der Waals surface area (Å²) in [5, 5.41) is 0. The minimum atomic E-state index is 0.362. The molecule has 4 heterocycles. The quantitative estimate of drug-likeness (QED) is 0.765. The number of likely N-dealkylation sites (tertiary alicyclic amines) is 2. The number of carbonyl (C=O) groups is 2. The van der Waals surface area contributed by atoms with Crippen LogP contribution in [0.25, 0.3) is 0 Å². The molecule has 2 bridgehead atoms. The van der Waals surface area contributed by atoms with Gasteiger partial charge in [-0.3, -0.25) is 14.5 Å². The largest absolute Gasteiger partial charge is 0.342 e. The maximum Gasteiger partial charge on any atom is 0.225 e. The molecule has 25 heavy (non-hydrogen) atoms. The van der Waals surface area contributed by atoms with Crippen molar-refractivity contribution in [2.45, 2.75) is 63.5 Å². The van der Waals surface area contributed by atoms with Crippen molar-refractivity contribution in [2.24, 2.45) is 17.8 Å². The SMILES string of the molecule is O=C(C1CC1)N1CCC(N2C[C@H]3C[C@H](C2)[C@H]2CCCC(=O)N2C3)CC1. The molecule has 3 atom stereocenters. The summed E-state index contributed by atoms with van der Waals surface area (Å²) in [4.78, 5) is 31.6. The van der Waals surface area contributed by atoms with Crippen LogP contribution >= 0.6 is 0 Å². The fourth-order valence-corrected chi connectivity index (χ4v) is 5.99. The van der Waals surface area contributed by atoms with E-state index in [9.17, 15) is 9.59 Å². The molecule has 4 saturated heterocycles. The number of nitrogens with zero attached hydrogens (tertiary/aromatic N) is 3. The highest BCUT2D eigenvalue weighted by Gasteiger charge is 2.45. The number of hydrogen-bond donors (Lipinski definition) is 0. The monoisotopic (exact) mass is 345 g/mol. The molecule has 5 heteroatoms. The van der Waals surface area contributed by atoms with E-state index in [1.807, 2.05) is 0 Å². The summed E-state index contributed by atoms with van der Waals surface area (Å²) >= 11 is 0. The maximum absolute atomic E-state index is 12.3. The van der Waals surface area contributed by atoms with E-state index >= 15 is 0 Å². The molecule has 0 aromatic rings. The van der Waals surface area contributed by atoms with Gasteiger partial charge in [0.25, 0.3) is 0 Å². The fraction of sp³-hybridized carbons (Fsp3) is 0.900. The first-order valence-corrected chi connectivity index (χ1v) is 10.5. The van der Waals surface area contributed by atoms with Crippen LogP contribution in [0.1, 0.15) is 51.4 Å². The summed E-state index contributed by atoms with van der Waals surface area (Å²) in [5.41, 5.74) is 0. The Morgan fingerprint density at radius 2 is 1.76 bits per heavy atom. The zero-order valence-corrected chi connectivity index (χ0v) is 15.2. The summed E-state index contributed by atoms with van der Waals surface area (Å²) in [6, 6.07) is 1.16. The van der Waals surface area contributed by atoms with Gasteiger partial charge in [-0.2, -0.15) is 0 Å². The minimum absolute atomic E-state index is 0.362. The van der Waals surface area contributed by atoms with Gasteiger partial charge in [0.2, 0.25) is 11.8 Å². The molecule has 0 radical (unpaired) electrons. The van der Waals surface area contributed by atoms with Crippen LogP contribution in [-0.2, 0) is 9.59 Å². The van der Waals surface area contributed by atoms with Crippen molar-refractivity contribution in [1.82, 2.24) is 14.7 Å². The van der Waals surface area contributed by atoms with Crippen molar-refractivity contribution >= 4 is 11.8 Å². The van der Waals surface area contributed by atoms with Crippen LogP contribution in [-0.4, -0.2) is 71.3 Å². The van der Waals surface area contributed by atoms with Crippen molar-refractivity contribution in [3.05, 3.63) is 0 Å². The molecule has 0 unspecified atom stereocenters. The second-order valence-corrected chi connectivity index (χ2v) is 9.15. The van der Waals surface area contributed by atoms with Gasteiger partial charge in [0, 0.05) is 57.1 Å². The van der Waals surface area contributed by atoms with Crippen LogP contribution in [0.4, 0.5) is 0 Å². The van der Waals surface area contributed by atoms with Gasteiger partial charge in [0.15, 0.2) is 0 Å². The number of hydrogen-bond acceptors (Lipinski definition) is 3. The number of carbonyl (C=O) groups excluding carboxylic acids is 2. The van der Waals surface area contributed by atoms with Crippen LogP contribution in [0.3, 0.4) is 0 Å². The third kappa shape index (κ3) is 2.98. The minimum Gasteiger partial charge on any atom is -0.342 e. The van der Waals surface area contributed by atoms with Crippen molar-refractivity contribution in [3.63, 3.8) is 0 Å². The zero-order chi connectivity index (χ0) is 17.0. The van der Waals surface area contributed by atoms with Gasteiger partial charge in [-0.1, -0.05) is 0 Å². The summed E-state index contributed by atoms with van der Waals surface area (Å²) in [6.45, 7) is 5.25. The van der Waals surface area contributed by atoms with Crippen molar-refractivity contribution in [1.29, 1.82) is 0 Å². The zero-order valence-electron chi connectivity index (χ0n) is 15.2. The average Bonchev–Trinajstić information content (AvgIpc) is 3.47. The summed E-state index contributed by atoms with van der Waals surface area (Å²) in [7, 11) is 0. The van der Waals surface area contributed by atoms with Gasteiger partial charge in [-0.15, -0.1) is 0 Å². The predicted molar refractivity (Wildman–Crippen MR) is 94.8 cm³/mol. The molecule has 5 nitrogen and oxygen atoms in total. The van der Waals surface area contributed by atoms with E-state index in [2.05, 4.69) is 14.7 Å². The number of piperidine rings is 4. The molecule has 5 aliphatic rings. The van der Waals surface area contributed by atoms with Crippen LogP contribution in [0.2, 0.25) is 0 Å². The average molecular weight is 345 g/mol. The number of fused-ring (bicyclic) bond motifs is 4. The van der Waals surface area contributed by atoms with Gasteiger partial charge in [0.05, 0.1) is 0 Å². The first kappa shape index (κ1) is 16.1. The third-order valence-electron chi connectivity index (χ3n) is 7.43. The Hall–Kier alpha value is -1.10. The second kappa shape index (κ2) is 6.26. The standard InChI is InChI=1S/C20H31N3O2/c24-19-3-1-2-18-16-10-14(12-23(18)19)11-22(13-16)17-6-8-21(9-7-17)20(25)15-4-5-15/h14-18H,1-13H2/t14-,16-,18-/m1/s1. The molecule has 0 aromatic heterocycles. The molecule has 0 aromatic carbocycles. The van der Waals surface area contributed by atoms with Gasteiger partial charge < -0.3 is 9.80 Å². The molecule has 1 saturated carbocycles. The third-order valence-corrected chi connectivity index (χ3v) is 7.43. The number of amides is 2. The van der Waals surface area contributed by atoms with E-state index in [1.54, 1.807) is 0 Å². The molecule has 138 valence electrons. The summed E-state index contributed by atoms with van der Waals surface area (Å²) in [5.74, 6) is 2.54. The molecule has 2 amide bonds. The van der Waals surface area contributed by atoms with E-state index in [0.29, 0.717) is 41.7 Å². The lowest BCUT2D eigenvalue weighted by Crippen LogP contribution is -2.62. The highest BCUT2D eigenvalue weighted by Crippen LogP contribution is 2.39. The van der Waals surface area contributed by atoms with Gasteiger partial charge in [-0.25, -0.2) is 0 Å². The topological polar surface area (TPSA) is 43.9 Å². The Balaban J connectivity index is 1.20. The summed E-state index contributed by atoms with van der Waals surface area (Å²) < 4.78 is 0. The van der Waals surface area contributed by atoms with Crippen molar-refractivity contribution in [2.75, 3.05) is 32.7 Å². The molecular formula is C20H31N3O2. The Kier molecular flexibility index (Phi) is 4.03. The van der Waals surface area contributed by atoms with Crippen LogP contribution in [0.15, 0.2) is 0 Å². The Morgan fingerprint density at radius 1 is 0.960 bits per heavy atom. The van der Waals surface area contributed by atoms with E-state index in [-0.39, 0.29) is 0 Å². The Morgan fingerprint density at radius 3 is 2.52 bits per heavy atom. The van der Waals surface area contributed by atoms with Gasteiger partial charge in [0.1, 0.15) is 0 Å². The van der Waals surface area contributed by atoms with Crippen LogP contribution in [0, 0.1) is 17.8 Å². The van der Waals surface area contributed by atoms with Crippen molar-refractivity contribution < 1.29 is 9.59 Å². The van der Waals surface area contributed by atoms with E-state index in [4.69, 9.17) is 0 Å². The van der Waals surface area contributed by atoms with Crippen LogP contribution < -0.4 is 0 Å². The number of rotatable bonds is 2. The maximum atomic E-state index is 12.3. The van der Waals surface area contributed by atoms with Crippen molar-refractivity contribution in [3.8, 4) is 0 Å². The van der Waals surface area contributed by atoms with E-state index in [0.717, 1.165) is 64.7 Å². The smallest absolute Gasteiger partial charge is 0.225 e. The fourth-order valence-electron chi connectivity index (χ4n) is 5.99. The first-order valence-electron chi connectivity index (χ1n) is 10.5. The second-order valence-electron chi connectivity index (χ2n) is 9.15.